The van der Waals surface area contributed by atoms with Gasteiger partial charge < -0.3 is 15.4 Å². The number of hydrogen-bond acceptors (Lipinski definition) is 3. The van der Waals surface area contributed by atoms with Gasteiger partial charge in [-0.05, 0) is 35.9 Å². The van der Waals surface area contributed by atoms with E-state index < -0.39 is 6.04 Å². The second kappa shape index (κ2) is 7.72. The Morgan fingerprint density at radius 1 is 0.909 bits per heavy atom. The van der Waals surface area contributed by atoms with Gasteiger partial charge in [-0.15, -0.1) is 0 Å². The molecule has 3 heterocycles. The summed E-state index contributed by atoms with van der Waals surface area (Å²) in [7, 11) is 1.76. The molecule has 3 aromatic carbocycles. The number of H-pyrrole nitrogens is 1. The lowest BCUT2D eigenvalue weighted by Crippen LogP contribution is -2.38. The lowest BCUT2D eigenvalue weighted by molar-refractivity contribution is -0.121. The first kappa shape index (κ1) is 20.7. The minimum Gasteiger partial charge on any atom is -0.412 e. The number of rotatable bonds is 2. The van der Waals surface area contributed by atoms with Gasteiger partial charge in [0, 0.05) is 36.1 Å². The fraction of sp³-hybridized carbons (Fsp3) is 0.115. The lowest BCUT2D eigenvalue weighted by atomic mass is 10.0. The molecular formula is C26H22N4O3. The maximum atomic E-state index is 13.7. The van der Waals surface area contributed by atoms with Crippen molar-refractivity contribution in [2.24, 2.45) is 0 Å². The summed E-state index contributed by atoms with van der Waals surface area (Å²) in [5.74, 6) is 0.382. The highest BCUT2D eigenvalue weighted by molar-refractivity contribution is 6.02. The Labute approximate surface area is 189 Å². The molecule has 33 heavy (non-hydrogen) atoms. The number of carbonyl (C=O) groups excluding carboxylic acids is 1. The number of nitrogens with one attached hydrogen (secondary N) is 1. The van der Waals surface area contributed by atoms with E-state index in [-0.39, 0.29) is 16.9 Å². The molecule has 0 saturated heterocycles. The minimum atomic E-state index is -0.716. The van der Waals surface area contributed by atoms with Crippen LogP contribution in [0.1, 0.15) is 11.6 Å². The monoisotopic (exact) mass is 438 g/mol. The summed E-state index contributed by atoms with van der Waals surface area (Å²) in [4.78, 5) is 37.3. The van der Waals surface area contributed by atoms with Gasteiger partial charge in [0.1, 0.15) is 11.9 Å². The SMILES string of the molecule is CN1C(=O)[C@@H](Cc2c[nH]c3ccccc23)n2c(nc3ccccc3c2=O)-c2ccccc21.O. The van der Waals surface area contributed by atoms with Crippen molar-refractivity contribution in [3.05, 3.63) is 94.9 Å². The van der Waals surface area contributed by atoms with Gasteiger partial charge in [-0.2, -0.15) is 0 Å². The molecule has 7 heteroatoms. The summed E-state index contributed by atoms with van der Waals surface area (Å²) in [5.41, 5.74) is 3.94. The van der Waals surface area contributed by atoms with Gasteiger partial charge in [-0.3, -0.25) is 14.2 Å². The minimum absolute atomic E-state index is 0. The van der Waals surface area contributed by atoms with Crippen LogP contribution in [-0.2, 0) is 11.2 Å². The molecule has 0 unspecified atom stereocenters. The number of carbonyl (C=O) groups is 1. The Morgan fingerprint density at radius 2 is 1.61 bits per heavy atom. The number of amides is 1. The van der Waals surface area contributed by atoms with Crippen LogP contribution < -0.4 is 10.5 Å². The van der Waals surface area contributed by atoms with E-state index in [0.717, 1.165) is 27.7 Å². The number of aromatic amines is 1. The quantitative estimate of drug-likeness (QED) is 0.456. The zero-order chi connectivity index (χ0) is 21.8. The Hall–Kier alpha value is -4.23. The van der Waals surface area contributed by atoms with Crippen molar-refractivity contribution in [1.29, 1.82) is 0 Å². The van der Waals surface area contributed by atoms with Crippen molar-refractivity contribution >= 4 is 33.4 Å². The smallest absolute Gasteiger partial charge is 0.262 e. The Morgan fingerprint density at radius 3 is 2.45 bits per heavy atom. The third-order valence-corrected chi connectivity index (χ3v) is 6.33. The van der Waals surface area contributed by atoms with E-state index in [1.165, 1.54) is 0 Å². The largest absolute Gasteiger partial charge is 0.412 e. The number of aromatic nitrogens is 3. The molecule has 0 radical (unpaired) electrons. The summed E-state index contributed by atoms with van der Waals surface area (Å²) in [6.45, 7) is 0. The number of para-hydroxylation sites is 3. The first-order valence-corrected chi connectivity index (χ1v) is 10.6. The van der Waals surface area contributed by atoms with E-state index in [2.05, 4.69) is 4.98 Å². The van der Waals surface area contributed by atoms with E-state index in [0.29, 0.717) is 23.1 Å². The molecule has 2 aromatic heterocycles. The van der Waals surface area contributed by atoms with Gasteiger partial charge in [0.25, 0.3) is 5.56 Å². The average Bonchev–Trinajstić information content (AvgIpc) is 3.21. The van der Waals surface area contributed by atoms with E-state index >= 15 is 0 Å². The van der Waals surface area contributed by atoms with Crippen molar-refractivity contribution in [3.8, 4) is 11.4 Å². The molecule has 5 aromatic rings. The van der Waals surface area contributed by atoms with Crippen LogP contribution in [0.3, 0.4) is 0 Å². The molecule has 0 fully saturated rings. The second-order valence-electron chi connectivity index (χ2n) is 8.12. The van der Waals surface area contributed by atoms with E-state index in [4.69, 9.17) is 4.98 Å². The third kappa shape index (κ3) is 3.05. The van der Waals surface area contributed by atoms with Crippen LogP contribution in [0, 0.1) is 0 Å². The van der Waals surface area contributed by atoms with Crippen LogP contribution in [0.15, 0.2) is 83.8 Å². The molecular weight excluding hydrogens is 416 g/mol. The maximum absolute atomic E-state index is 13.7. The zero-order valence-corrected chi connectivity index (χ0v) is 17.9. The number of likely N-dealkylation sites (N-methyl/N-ethyl adjacent to an activating group) is 1. The van der Waals surface area contributed by atoms with Crippen LogP contribution in [0.25, 0.3) is 33.2 Å². The highest BCUT2D eigenvalue weighted by Crippen LogP contribution is 2.36. The van der Waals surface area contributed by atoms with Crippen LogP contribution in [0.4, 0.5) is 5.69 Å². The Balaban J connectivity index is 0.00000228. The molecule has 6 rings (SSSR count). The molecule has 164 valence electrons. The van der Waals surface area contributed by atoms with E-state index in [1.54, 1.807) is 22.6 Å². The second-order valence-corrected chi connectivity index (χ2v) is 8.12. The molecule has 3 N–H and O–H groups in total. The molecule has 0 saturated carbocycles. The first-order valence-electron chi connectivity index (χ1n) is 10.6. The van der Waals surface area contributed by atoms with Gasteiger partial charge in [-0.1, -0.05) is 42.5 Å². The summed E-state index contributed by atoms with van der Waals surface area (Å²) in [5, 5.41) is 1.56. The number of benzene rings is 3. The molecule has 1 aliphatic rings. The van der Waals surface area contributed by atoms with Gasteiger partial charge in [0.05, 0.1) is 16.6 Å². The van der Waals surface area contributed by atoms with Crippen molar-refractivity contribution < 1.29 is 10.3 Å². The van der Waals surface area contributed by atoms with Crippen molar-refractivity contribution in [2.75, 3.05) is 11.9 Å². The first-order chi connectivity index (χ1) is 15.6. The number of anilines is 1. The van der Waals surface area contributed by atoms with Crippen molar-refractivity contribution in [2.45, 2.75) is 12.5 Å². The number of hydrogen-bond donors (Lipinski definition) is 1. The fourth-order valence-corrected chi connectivity index (χ4v) is 4.72. The predicted octanol–water partition coefficient (Wildman–Crippen LogP) is 3.48. The van der Waals surface area contributed by atoms with Crippen molar-refractivity contribution in [3.63, 3.8) is 0 Å². The number of fused-ring (bicyclic) bond motifs is 5. The predicted molar refractivity (Wildman–Crippen MR) is 130 cm³/mol. The fourth-order valence-electron chi connectivity index (χ4n) is 4.72. The van der Waals surface area contributed by atoms with Gasteiger partial charge in [-0.25, -0.2) is 4.98 Å². The molecule has 1 atom stereocenters. The topological polar surface area (TPSA) is 102 Å². The van der Waals surface area contributed by atoms with Gasteiger partial charge >= 0.3 is 0 Å². The third-order valence-electron chi connectivity index (χ3n) is 6.33. The molecule has 1 amide bonds. The van der Waals surface area contributed by atoms with E-state index in [9.17, 15) is 9.59 Å². The number of nitrogens with zero attached hydrogens (tertiary/aromatic N) is 3. The Kier molecular flexibility index (Phi) is 4.83. The van der Waals surface area contributed by atoms with E-state index in [1.807, 2.05) is 72.9 Å². The van der Waals surface area contributed by atoms with Crippen molar-refractivity contribution in [1.82, 2.24) is 14.5 Å². The van der Waals surface area contributed by atoms with Crippen LogP contribution >= 0.6 is 0 Å². The summed E-state index contributed by atoms with van der Waals surface area (Å²) in [6.07, 6.45) is 2.31. The average molecular weight is 438 g/mol. The normalized spacial score (nSPS) is 15.1. The van der Waals surface area contributed by atoms with Gasteiger partial charge in [0.2, 0.25) is 5.91 Å². The summed E-state index contributed by atoms with van der Waals surface area (Å²) < 4.78 is 1.59. The van der Waals surface area contributed by atoms with Crippen LogP contribution in [0.2, 0.25) is 0 Å². The zero-order valence-electron chi connectivity index (χ0n) is 17.9. The highest BCUT2D eigenvalue weighted by atomic mass is 16.2. The molecule has 0 spiro atoms. The standard InChI is InChI=1S/C26H20N4O2.H2O/c1-29-22-13-7-4-10-19(22)24-28-21-12-6-3-9-18(21)25(31)30(24)23(26(29)32)14-16-15-27-20-11-5-2-8-17(16)20;/h2-13,15,23,27H,14H2,1H3;1H2/t23-;/m1./s1. The molecule has 0 bridgehead atoms. The molecule has 0 aliphatic carbocycles. The maximum Gasteiger partial charge on any atom is 0.262 e. The summed E-state index contributed by atoms with van der Waals surface area (Å²) >= 11 is 0. The lowest BCUT2D eigenvalue weighted by Gasteiger charge is -2.23. The van der Waals surface area contributed by atoms with Crippen LogP contribution in [-0.4, -0.2) is 33.0 Å². The summed E-state index contributed by atoms with van der Waals surface area (Å²) in [6, 6.07) is 22.2. The highest BCUT2D eigenvalue weighted by Gasteiger charge is 2.34. The van der Waals surface area contributed by atoms with Crippen LogP contribution in [0.5, 0.6) is 0 Å². The van der Waals surface area contributed by atoms with Gasteiger partial charge in [0.15, 0.2) is 0 Å². The Bertz CT molecular complexity index is 1580. The molecule has 7 nitrogen and oxygen atoms in total. The molecule has 1 aliphatic heterocycles.